The zero-order valence-electron chi connectivity index (χ0n) is 12.6. The van der Waals surface area contributed by atoms with E-state index in [1.165, 1.54) is 4.90 Å². The molecule has 3 amide bonds. The Morgan fingerprint density at radius 1 is 1.09 bits per heavy atom. The molecule has 8 heteroatoms. The summed E-state index contributed by atoms with van der Waals surface area (Å²) in [6, 6.07) is 4.96. The van der Waals surface area contributed by atoms with Gasteiger partial charge in [-0.2, -0.15) is 0 Å². The van der Waals surface area contributed by atoms with Gasteiger partial charge in [-0.15, -0.1) is 0 Å². The third-order valence-corrected chi connectivity index (χ3v) is 5.73. The maximum absolute atomic E-state index is 12.3. The smallest absolute Gasteiger partial charge is 0.262 e. The molecular formula is C15H16N2O5S. The maximum atomic E-state index is 12.3. The van der Waals surface area contributed by atoms with Crippen molar-refractivity contribution in [2.45, 2.75) is 6.92 Å². The first-order valence-corrected chi connectivity index (χ1v) is 9.06. The lowest BCUT2D eigenvalue weighted by molar-refractivity contribution is -0.131. The number of fused-ring (bicyclic) bond motifs is 1. The topological polar surface area (TPSA) is 91.8 Å². The molecule has 0 atom stereocenters. The molecule has 122 valence electrons. The van der Waals surface area contributed by atoms with Crippen LogP contribution in [0.5, 0.6) is 0 Å². The van der Waals surface area contributed by atoms with Crippen LogP contribution in [-0.2, 0) is 14.6 Å². The Bertz CT molecular complexity index is 801. The number of rotatable bonds is 2. The molecule has 3 rings (SSSR count). The van der Waals surface area contributed by atoms with Crippen molar-refractivity contribution in [1.29, 1.82) is 0 Å². The van der Waals surface area contributed by atoms with Gasteiger partial charge >= 0.3 is 0 Å². The van der Waals surface area contributed by atoms with Crippen LogP contribution in [-0.4, -0.2) is 67.1 Å². The molecule has 0 spiro atoms. The van der Waals surface area contributed by atoms with Gasteiger partial charge in [0.1, 0.15) is 6.54 Å². The van der Waals surface area contributed by atoms with Crippen LogP contribution in [0.25, 0.3) is 0 Å². The Morgan fingerprint density at radius 3 is 2.35 bits per heavy atom. The maximum Gasteiger partial charge on any atom is 0.262 e. The van der Waals surface area contributed by atoms with Gasteiger partial charge in [-0.25, -0.2) is 8.42 Å². The van der Waals surface area contributed by atoms with Crippen LogP contribution in [0.3, 0.4) is 0 Å². The van der Waals surface area contributed by atoms with Gasteiger partial charge in [0.05, 0.1) is 22.6 Å². The van der Waals surface area contributed by atoms with Gasteiger partial charge in [0, 0.05) is 13.1 Å². The molecule has 2 aliphatic heterocycles. The highest BCUT2D eigenvalue weighted by molar-refractivity contribution is 7.91. The van der Waals surface area contributed by atoms with Crippen molar-refractivity contribution in [3.8, 4) is 0 Å². The number of aryl methyl sites for hydroxylation is 1. The highest BCUT2D eigenvalue weighted by atomic mass is 32.2. The Labute approximate surface area is 133 Å². The lowest BCUT2D eigenvalue weighted by atomic mass is 10.1. The predicted molar refractivity (Wildman–Crippen MR) is 81.8 cm³/mol. The summed E-state index contributed by atoms with van der Waals surface area (Å²) in [5.41, 5.74) is 1.47. The molecule has 1 aromatic carbocycles. The number of amides is 3. The molecule has 0 saturated carbocycles. The van der Waals surface area contributed by atoms with E-state index in [0.717, 1.165) is 10.5 Å². The Balaban J connectivity index is 1.73. The molecule has 2 aliphatic rings. The number of imide groups is 1. The van der Waals surface area contributed by atoms with Gasteiger partial charge in [-0.3, -0.25) is 19.3 Å². The zero-order valence-corrected chi connectivity index (χ0v) is 13.4. The number of nitrogens with zero attached hydrogens (tertiary/aromatic N) is 2. The van der Waals surface area contributed by atoms with E-state index in [4.69, 9.17) is 0 Å². The van der Waals surface area contributed by atoms with Gasteiger partial charge < -0.3 is 4.90 Å². The van der Waals surface area contributed by atoms with Crippen molar-refractivity contribution in [1.82, 2.24) is 9.80 Å². The van der Waals surface area contributed by atoms with E-state index < -0.39 is 27.6 Å². The molecule has 1 aromatic rings. The second kappa shape index (κ2) is 5.45. The van der Waals surface area contributed by atoms with Crippen LogP contribution < -0.4 is 0 Å². The minimum atomic E-state index is -3.09. The van der Waals surface area contributed by atoms with Crippen molar-refractivity contribution in [2.24, 2.45) is 0 Å². The standard InChI is InChI=1S/C15H16N2O5S/c1-10-2-3-11-12(8-10)15(20)17(14(11)19)9-13(18)16-4-6-23(21,22)7-5-16/h2-3,8H,4-7,9H2,1H3. The zero-order chi connectivity index (χ0) is 16.8. The van der Waals surface area contributed by atoms with E-state index >= 15 is 0 Å². The minimum Gasteiger partial charge on any atom is -0.339 e. The molecule has 23 heavy (non-hydrogen) atoms. The van der Waals surface area contributed by atoms with E-state index in [1.54, 1.807) is 18.2 Å². The quantitative estimate of drug-likeness (QED) is 0.700. The Kier molecular flexibility index (Phi) is 3.71. The summed E-state index contributed by atoms with van der Waals surface area (Å²) in [6.45, 7) is 1.67. The summed E-state index contributed by atoms with van der Waals surface area (Å²) in [5, 5.41) is 0. The fourth-order valence-electron chi connectivity index (χ4n) is 2.75. The molecule has 1 fully saturated rings. The van der Waals surface area contributed by atoms with Gasteiger partial charge in [-0.1, -0.05) is 11.6 Å². The highest BCUT2D eigenvalue weighted by Gasteiger charge is 2.38. The summed E-state index contributed by atoms with van der Waals surface area (Å²) in [7, 11) is -3.09. The van der Waals surface area contributed by atoms with Crippen molar-refractivity contribution < 1.29 is 22.8 Å². The van der Waals surface area contributed by atoms with Crippen LogP contribution in [0.4, 0.5) is 0 Å². The summed E-state index contributed by atoms with van der Waals surface area (Å²) in [5.74, 6) is -1.54. The van der Waals surface area contributed by atoms with Crippen LogP contribution >= 0.6 is 0 Å². The lowest BCUT2D eigenvalue weighted by Gasteiger charge is -2.28. The number of sulfone groups is 1. The van der Waals surface area contributed by atoms with E-state index in [9.17, 15) is 22.8 Å². The monoisotopic (exact) mass is 336 g/mol. The molecule has 2 heterocycles. The molecular weight excluding hydrogens is 320 g/mol. The largest absolute Gasteiger partial charge is 0.339 e. The molecule has 0 bridgehead atoms. The molecule has 0 aromatic heterocycles. The lowest BCUT2D eigenvalue weighted by Crippen LogP contribution is -2.48. The molecule has 0 radical (unpaired) electrons. The number of hydrogen-bond acceptors (Lipinski definition) is 5. The number of hydrogen-bond donors (Lipinski definition) is 0. The van der Waals surface area contributed by atoms with Gasteiger partial charge in [0.25, 0.3) is 11.8 Å². The Hall–Kier alpha value is -2.22. The van der Waals surface area contributed by atoms with E-state index in [2.05, 4.69) is 0 Å². The van der Waals surface area contributed by atoms with Crippen molar-refractivity contribution in [2.75, 3.05) is 31.1 Å². The van der Waals surface area contributed by atoms with Crippen LogP contribution in [0, 0.1) is 6.92 Å². The van der Waals surface area contributed by atoms with Crippen molar-refractivity contribution in [3.63, 3.8) is 0 Å². The summed E-state index contributed by atoms with van der Waals surface area (Å²) >= 11 is 0. The summed E-state index contributed by atoms with van der Waals surface area (Å²) in [6.07, 6.45) is 0. The predicted octanol–water partition coefficient (Wildman–Crippen LogP) is -0.152. The van der Waals surface area contributed by atoms with Crippen molar-refractivity contribution >= 4 is 27.6 Å². The molecule has 0 aliphatic carbocycles. The summed E-state index contributed by atoms with van der Waals surface area (Å²) in [4.78, 5) is 39.2. The first-order valence-electron chi connectivity index (χ1n) is 7.23. The Morgan fingerprint density at radius 2 is 1.70 bits per heavy atom. The van der Waals surface area contributed by atoms with Gasteiger partial charge in [-0.05, 0) is 19.1 Å². The molecule has 7 nitrogen and oxygen atoms in total. The molecule has 0 unspecified atom stereocenters. The van der Waals surface area contributed by atoms with E-state index in [1.807, 2.05) is 6.92 Å². The first kappa shape index (κ1) is 15.7. The second-order valence-electron chi connectivity index (χ2n) is 5.78. The number of carbonyl (C=O) groups excluding carboxylic acids is 3. The fourth-order valence-corrected chi connectivity index (χ4v) is 3.95. The minimum absolute atomic E-state index is 0.0833. The number of carbonyl (C=O) groups is 3. The number of benzene rings is 1. The van der Waals surface area contributed by atoms with Gasteiger partial charge in [0.2, 0.25) is 5.91 Å². The first-order chi connectivity index (χ1) is 10.8. The van der Waals surface area contributed by atoms with Crippen LogP contribution in [0.1, 0.15) is 26.3 Å². The average molecular weight is 336 g/mol. The molecule has 0 N–H and O–H groups in total. The van der Waals surface area contributed by atoms with E-state index in [-0.39, 0.29) is 31.1 Å². The average Bonchev–Trinajstić information content (AvgIpc) is 2.72. The highest BCUT2D eigenvalue weighted by Crippen LogP contribution is 2.23. The SMILES string of the molecule is Cc1ccc2c(c1)C(=O)N(CC(=O)N1CCS(=O)(=O)CC1)C2=O. The third kappa shape index (κ3) is 2.86. The van der Waals surface area contributed by atoms with Crippen LogP contribution in [0.15, 0.2) is 18.2 Å². The van der Waals surface area contributed by atoms with Crippen molar-refractivity contribution in [3.05, 3.63) is 34.9 Å². The summed E-state index contributed by atoms with van der Waals surface area (Å²) < 4.78 is 22.8. The normalized spacial score (nSPS) is 19.9. The fraction of sp³-hybridized carbons (Fsp3) is 0.400. The molecule has 1 saturated heterocycles. The second-order valence-corrected chi connectivity index (χ2v) is 8.08. The van der Waals surface area contributed by atoms with Crippen LogP contribution in [0.2, 0.25) is 0 Å². The van der Waals surface area contributed by atoms with Gasteiger partial charge in [0.15, 0.2) is 9.84 Å². The van der Waals surface area contributed by atoms with E-state index in [0.29, 0.717) is 11.1 Å². The third-order valence-electron chi connectivity index (χ3n) is 4.12.